The van der Waals surface area contributed by atoms with E-state index in [1.54, 1.807) is 11.0 Å². The Labute approximate surface area is 152 Å². The summed E-state index contributed by atoms with van der Waals surface area (Å²) in [6.45, 7) is 2.21. The van der Waals surface area contributed by atoms with Gasteiger partial charge in [-0.2, -0.15) is 10.2 Å². The zero-order valence-electron chi connectivity index (χ0n) is 14.6. The van der Waals surface area contributed by atoms with E-state index in [1.807, 2.05) is 23.1 Å². The molecule has 0 atom stereocenters. The molecule has 1 amide bonds. The lowest BCUT2D eigenvalue weighted by Crippen LogP contribution is -2.33. The monoisotopic (exact) mass is 350 g/mol. The number of aromatic amines is 1. The average molecular weight is 350 g/mol. The predicted octanol–water partition coefficient (Wildman–Crippen LogP) is 2.08. The molecule has 7 nitrogen and oxygen atoms in total. The fourth-order valence-electron chi connectivity index (χ4n) is 3.47. The number of carbonyl (C=O) groups is 1. The van der Waals surface area contributed by atoms with Crippen molar-refractivity contribution in [3.63, 3.8) is 0 Å². The minimum Gasteiger partial charge on any atom is -0.342 e. The van der Waals surface area contributed by atoms with E-state index in [4.69, 9.17) is 0 Å². The maximum atomic E-state index is 12.6. The number of nitrogens with zero attached hydrogens (tertiary/aromatic N) is 5. The highest BCUT2D eigenvalue weighted by Gasteiger charge is 2.22. The molecule has 0 fully saturated rings. The van der Waals surface area contributed by atoms with Crippen LogP contribution in [0.15, 0.2) is 43.0 Å². The molecule has 0 unspecified atom stereocenters. The SMILES string of the molecule is O=C(CCCn1cncn1)N1CCc2[nH]nc(-c3ccccc3)c2CC1. The number of fused-ring (bicyclic) bond motifs is 1. The lowest BCUT2D eigenvalue weighted by Gasteiger charge is -2.20. The van der Waals surface area contributed by atoms with Crippen LogP contribution in [0.2, 0.25) is 0 Å². The number of aromatic nitrogens is 5. The van der Waals surface area contributed by atoms with Gasteiger partial charge in [0.2, 0.25) is 5.91 Å². The maximum absolute atomic E-state index is 12.6. The third kappa shape index (κ3) is 3.51. The topological polar surface area (TPSA) is 79.7 Å². The second-order valence-corrected chi connectivity index (χ2v) is 6.54. The number of hydrogen-bond donors (Lipinski definition) is 1. The van der Waals surface area contributed by atoms with Crippen molar-refractivity contribution in [1.82, 2.24) is 29.9 Å². The molecule has 7 heteroatoms. The van der Waals surface area contributed by atoms with Gasteiger partial charge < -0.3 is 4.90 Å². The Morgan fingerprint density at radius 1 is 1.15 bits per heavy atom. The first kappa shape index (κ1) is 16.5. The van der Waals surface area contributed by atoms with Gasteiger partial charge in [0.25, 0.3) is 0 Å². The minimum atomic E-state index is 0.212. The molecular weight excluding hydrogens is 328 g/mol. The largest absolute Gasteiger partial charge is 0.342 e. The molecule has 3 aromatic rings. The summed E-state index contributed by atoms with van der Waals surface area (Å²) < 4.78 is 1.76. The van der Waals surface area contributed by atoms with Crippen molar-refractivity contribution >= 4 is 5.91 Å². The highest BCUT2D eigenvalue weighted by atomic mass is 16.2. The van der Waals surface area contributed by atoms with Gasteiger partial charge in [0, 0.05) is 49.3 Å². The number of benzene rings is 1. The molecular formula is C19H22N6O. The number of rotatable bonds is 5. The smallest absolute Gasteiger partial charge is 0.222 e. The molecule has 1 aromatic carbocycles. The number of carbonyl (C=O) groups excluding carboxylic acids is 1. The van der Waals surface area contributed by atoms with E-state index in [1.165, 1.54) is 11.9 Å². The molecule has 0 saturated heterocycles. The lowest BCUT2D eigenvalue weighted by molar-refractivity contribution is -0.131. The van der Waals surface area contributed by atoms with Gasteiger partial charge in [-0.15, -0.1) is 0 Å². The van der Waals surface area contributed by atoms with E-state index in [-0.39, 0.29) is 5.91 Å². The quantitative estimate of drug-likeness (QED) is 0.764. The Bertz CT molecular complexity index is 856. The molecule has 1 aliphatic rings. The van der Waals surface area contributed by atoms with Crippen molar-refractivity contribution in [2.45, 2.75) is 32.2 Å². The third-order valence-electron chi connectivity index (χ3n) is 4.86. The maximum Gasteiger partial charge on any atom is 0.222 e. The van der Waals surface area contributed by atoms with Crippen LogP contribution in [-0.4, -0.2) is 48.9 Å². The summed E-state index contributed by atoms with van der Waals surface area (Å²) in [6.07, 6.45) is 6.18. The Balaban J connectivity index is 1.37. The van der Waals surface area contributed by atoms with Crippen LogP contribution in [0.25, 0.3) is 11.3 Å². The third-order valence-corrected chi connectivity index (χ3v) is 4.86. The summed E-state index contributed by atoms with van der Waals surface area (Å²) >= 11 is 0. The van der Waals surface area contributed by atoms with Crippen LogP contribution in [0.3, 0.4) is 0 Å². The molecule has 0 saturated carbocycles. The molecule has 0 spiro atoms. The van der Waals surface area contributed by atoms with E-state index in [2.05, 4.69) is 32.4 Å². The first-order chi connectivity index (χ1) is 12.8. The first-order valence-electron chi connectivity index (χ1n) is 9.03. The zero-order chi connectivity index (χ0) is 17.8. The Hall–Kier alpha value is -2.96. The second-order valence-electron chi connectivity index (χ2n) is 6.54. The molecule has 1 N–H and O–H groups in total. The van der Waals surface area contributed by atoms with E-state index < -0.39 is 0 Å². The van der Waals surface area contributed by atoms with Crippen molar-refractivity contribution in [1.29, 1.82) is 0 Å². The molecule has 4 rings (SSSR count). The van der Waals surface area contributed by atoms with Crippen LogP contribution >= 0.6 is 0 Å². The number of nitrogens with one attached hydrogen (secondary N) is 1. The molecule has 134 valence electrons. The number of aryl methyl sites for hydroxylation is 1. The second kappa shape index (κ2) is 7.51. The number of H-pyrrole nitrogens is 1. The average Bonchev–Trinajstić information content (AvgIpc) is 3.28. The van der Waals surface area contributed by atoms with Gasteiger partial charge >= 0.3 is 0 Å². The zero-order valence-corrected chi connectivity index (χ0v) is 14.6. The summed E-state index contributed by atoms with van der Waals surface area (Å²) in [5.74, 6) is 0.212. The summed E-state index contributed by atoms with van der Waals surface area (Å²) in [5, 5.41) is 11.8. The highest BCUT2D eigenvalue weighted by Crippen LogP contribution is 2.26. The van der Waals surface area contributed by atoms with Crippen LogP contribution in [0.1, 0.15) is 24.1 Å². The summed E-state index contributed by atoms with van der Waals surface area (Å²) in [7, 11) is 0. The van der Waals surface area contributed by atoms with Crippen LogP contribution in [-0.2, 0) is 24.2 Å². The van der Waals surface area contributed by atoms with Crippen molar-refractivity contribution < 1.29 is 4.79 Å². The molecule has 0 radical (unpaired) electrons. The predicted molar refractivity (Wildman–Crippen MR) is 97.3 cm³/mol. The first-order valence-corrected chi connectivity index (χ1v) is 9.03. The summed E-state index contributed by atoms with van der Waals surface area (Å²) in [4.78, 5) is 18.5. The van der Waals surface area contributed by atoms with Gasteiger partial charge in [0.15, 0.2) is 0 Å². The van der Waals surface area contributed by atoms with E-state index in [0.717, 1.165) is 55.8 Å². The van der Waals surface area contributed by atoms with E-state index >= 15 is 0 Å². The van der Waals surface area contributed by atoms with E-state index in [9.17, 15) is 4.79 Å². The van der Waals surface area contributed by atoms with Crippen LogP contribution in [0, 0.1) is 0 Å². The van der Waals surface area contributed by atoms with Crippen molar-refractivity contribution in [2.24, 2.45) is 0 Å². The van der Waals surface area contributed by atoms with Crippen molar-refractivity contribution in [3.8, 4) is 11.3 Å². The van der Waals surface area contributed by atoms with Crippen LogP contribution in [0.5, 0.6) is 0 Å². The van der Waals surface area contributed by atoms with Crippen LogP contribution < -0.4 is 0 Å². The molecule has 0 aliphatic carbocycles. The fourth-order valence-corrected chi connectivity index (χ4v) is 3.47. The highest BCUT2D eigenvalue weighted by molar-refractivity contribution is 5.76. The van der Waals surface area contributed by atoms with Gasteiger partial charge in [-0.05, 0) is 12.8 Å². The Kier molecular flexibility index (Phi) is 4.77. The van der Waals surface area contributed by atoms with Gasteiger partial charge in [0.1, 0.15) is 12.7 Å². The molecule has 1 aliphatic heterocycles. The minimum absolute atomic E-state index is 0.212. The summed E-state index contributed by atoms with van der Waals surface area (Å²) in [6, 6.07) is 10.2. The molecule has 26 heavy (non-hydrogen) atoms. The lowest BCUT2D eigenvalue weighted by atomic mass is 10.0. The number of amides is 1. The number of hydrogen-bond acceptors (Lipinski definition) is 4. The van der Waals surface area contributed by atoms with Gasteiger partial charge in [0.05, 0.1) is 5.69 Å². The fraction of sp³-hybridized carbons (Fsp3) is 0.368. The summed E-state index contributed by atoms with van der Waals surface area (Å²) in [5.41, 5.74) is 4.54. The molecule has 0 bridgehead atoms. The van der Waals surface area contributed by atoms with Crippen molar-refractivity contribution in [3.05, 3.63) is 54.2 Å². The van der Waals surface area contributed by atoms with Gasteiger partial charge in [-0.25, -0.2) is 4.98 Å². The van der Waals surface area contributed by atoms with Crippen molar-refractivity contribution in [2.75, 3.05) is 13.1 Å². The Morgan fingerprint density at radius 2 is 2.00 bits per heavy atom. The van der Waals surface area contributed by atoms with Gasteiger partial charge in [-0.3, -0.25) is 14.6 Å². The molecule has 2 aromatic heterocycles. The Morgan fingerprint density at radius 3 is 2.81 bits per heavy atom. The standard InChI is InChI=1S/C19H22N6O/c26-18(7-4-10-25-14-20-13-21-25)24-11-8-16-17(9-12-24)22-23-19(16)15-5-2-1-3-6-15/h1-3,5-6,13-14H,4,7-12H2,(H,22,23). The van der Waals surface area contributed by atoms with Crippen LogP contribution in [0.4, 0.5) is 0 Å². The normalized spacial score (nSPS) is 14.1. The molecule has 3 heterocycles. The van der Waals surface area contributed by atoms with Gasteiger partial charge in [-0.1, -0.05) is 30.3 Å². The van der Waals surface area contributed by atoms with E-state index in [0.29, 0.717) is 6.42 Å².